The molecule has 0 aromatic heterocycles. The first-order chi connectivity index (χ1) is 11.4. The third-order valence-corrected chi connectivity index (χ3v) is 4.69. The van der Waals surface area contributed by atoms with Gasteiger partial charge in [0.2, 0.25) is 5.60 Å². The van der Waals surface area contributed by atoms with E-state index in [4.69, 9.17) is 9.47 Å². The van der Waals surface area contributed by atoms with E-state index in [1.807, 2.05) is 32.0 Å². The van der Waals surface area contributed by atoms with E-state index in [1.54, 1.807) is 6.92 Å². The number of aryl methyl sites for hydroxylation is 2. The van der Waals surface area contributed by atoms with Crippen molar-refractivity contribution >= 4 is 11.9 Å². The Labute approximate surface area is 143 Å². The predicted molar refractivity (Wildman–Crippen MR) is 92.7 cm³/mol. The average molecular weight is 330 g/mol. The molecule has 130 valence electrons. The van der Waals surface area contributed by atoms with Gasteiger partial charge in [-0.05, 0) is 62.3 Å². The van der Waals surface area contributed by atoms with E-state index in [2.05, 4.69) is 6.58 Å². The molecule has 4 heteroatoms. The number of esters is 2. The van der Waals surface area contributed by atoms with Gasteiger partial charge in [-0.15, -0.1) is 0 Å². The molecule has 1 fully saturated rings. The van der Waals surface area contributed by atoms with Crippen LogP contribution in [0.5, 0.6) is 0 Å². The topological polar surface area (TPSA) is 52.6 Å². The largest absolute Gasteiger partial charge is 0.463 e. The monoisotopic (exact) mass is 330 g/mol. The summed E-state index contributed by atoms with van der Waals surface area (Å²) in [5.41, 5.74) is 2.35. The van der Waals surface area contributed by atoms with Crippen molar-refractivity contribution in [2.75, 3.05) is 6.61 Å². The van der Waals surface area contributed by atoms with Crippen LogP contribution in [0.4, 0.5) is 0 Å². The van der Waals surface area contributed by atoms with Crippen molar-refractivity contribution in [1.29, 1.82) is 0 Å². The summed E-state index contributed by atoms with van der Waals surface area (Å²) >= 11 is 0. The van der Waals surface area contributed by atoms with Crippen molar-refractivity contribution < 1.29 is 19.1 Å². The maximum atomic E-state index is 12.6. The third kappa shape index (κ3) is 3.69. The third-order valence-electron chi connectivity index (χ3n) is 4.69. The molecule has 0 radical (unpaired) electrons. The highest BCUT2D eigenvalue weighted by Gasteiger charge is 2.47. The van der Waals surface area contributed by atoms with Gasteiger partial charge in [0, 0.05) is 6.42 Å². The number of rotatable bonds is 5. The molecule has 1 unspecified atom stereocenters. The first-order valence-electron chi connectivity index (χ1n) is 8.53. The Kier molecular flexibility index (Phi) is 5.81. The van der Waals surface area contributed by atoms with Gasteiger partial charge in [-0.2, -0.15) is 0 Å². The molecule has 0 bridgehead atoms. The van der Waals surface area contributed by atoms with Crippen LogP contribution in [0.3, 0.4) is 0 Å². The Morgan fingerprint density at radius 3 is 2.46 bits per heavy atom. The SMILES string of the molecule is C=C1CCCCC1(OC(=O)Cc1c(C)cccc1C)C(=O)OCC. The summed E-state index contributed by atoms with van der Waals surface area (Å²) in [5.74, 6) is -0.909. The summed E-state index contributed by atoms with van der Waals surface area (Å²) in [6.45, 7) is 9.92. The minimum absolute atomic E-state index is 0.146. The maximum absolute atomic E-state index is 12.6. The minimum atomic E-state index is -1.32. The predicted octanol–water partition coefficient (Wildman–Crippen LogP) is 3.82. The van der Waals surface area contributed by atoms with E-state index in [-0.39, 0.29) is 13.0 Å². The zero-order valence-electron chi connectivity index (χ0n) is 14.8. The number of benzene rings is 1. The number of carbonyl (C=O) groups excluding carboxylic acids is 2. The van der Waals surface area contributed by atoms with Gasteiger partial charge in [0.25, 0.3) is 0 Å². The number of carbonyl (C=O) groups is 2. The minimum Gasteiger partial charge on any atom is -0.463 e. The molecule has 0 N–H and O–H groups in total. The highest BCUT2D eigenvalue weighted by molar-refractivity contribution is 5.87. The summed E-state index contributed by atoms with van der Waals surface area (Å²) in [5, 5.41) is 0. The van der Waals surface area contributed by atoms with Crippen molar-refractivity contribution in [3.63, 3.8) is 0 Å². The molecule has 0 saturated heterocycles. The van der Waals surface area contributed by atoms with Crippen LogP contribution in [0.25, 0.3) is 0 Å². The molecule has 1 aromatic carbocycles. The lowest BCUT2D eigenvalue weighted by Crippen LogP contribution is -2.48. The molecular formula is C20H26O4. The Hall–Kier alpha value is -2.10. The average Bonchev–Trinajstić information content (AvgIpc) is 2.53. The second-order valence-electron chi connectivity index (χ2n) is 6.38. The van der Waals surface area contributed by atoms with E-state index in [0.717, 1.165) is 29.5 Å². The van der Waals surface area contributed by atoms with Crippen LogP contribution < -0.4 is 0 Å². The fourth-order valence-electron chi connectivity index (χ4n) is 3.25. The molecule has 0 spiro atoms. The Morgan fingerprint density at radius 2 is 1.88 bits per heavy atom. The van der Waals surface area contributed by atoms with E-state index in [9.17, 15) is 9.59 Å². The summed E-state index contributed by atoms with van der Waals surface area (Å²) in [7, 11) is 0. The summed E-state index contributed by atoms with van der Waals surface area (Å²) in [6.07, 6.45) is 3.04. The van der Waals surface area contributed by atoms with Crippen molar-refractivity contribution in [2.24, 2.45) is 0 Å². The lowest BCUT2D eigenvalue weighted by molar-refractivity contribution is -0.179. The lowest BCUT2D eigenvalue weighted by Gasteiger charge is -2.36. The van der Waals surface area contributed by atoms with Gasteiger partial charge in [-0.25, -0.2) is 4.79 Å². The molecule has 0 amide bonds. The zero-order chi connectivity index (χ0) is 17.7. The molecule has 1 saturated carbocycles. The van der Waals surface area contributed by atoms with Crippen LogP contribution in [0, 0.1) is 13.8 Å². The molecule has 1 atom stereocenters. The van der Waals surface area contributed by atoms with Crippen LogP contribution in [0.2, 0.25) is 0 Å². The highest BCUT2D eigenvalue weighted by Crippen LogP contribution is 2.37. The number of ether oxygens (including phenoxy) is 2. The fourth-order valence-corrected chi connectivity index (χ4v) is 3.25. The summed E-state index contributed by atoms with van der Waals surface area (Å²) < 4.78 is 10.9. The molecule has 0 heterocycles. The smallest absolute Gasteiger partial charge is 0.355 e. The normalized spacial score (nSPS) is 20.5. The molecule has 2 rings (SSSR count). The van der Waals surface area contributed by atoms with Crippen molar-refractivity contribution in [2.45, 2.75) is 58.5 Å². The molecule has 4 nitrogen and oxygen atoms in total. The van der Waals surface area contributed by atoms with E-state index in [0.29, 0.717) is 18.4 Å². The van der Waals surface area contributed by atoms with Gasteiger partial charge in [0.15, 0.2) is 0 Å². The second kappa shape index (κ2) is 7.65. The zero-order valence-corrected chi connectivity index (χ0v) is 14.8. The first kappa shape index (κ1) is 18.2. The maximum Gasteiger partial charge on any atom is 0.355 e. The fraction of sp³-hybridized carbons (Fsp3) is 0.500. The standard InChI is InChI=1S/C20H26O4/c1-5-23-19(22)20(12-7-6-11-16(20)4)24-18(21)13-17-14(2)9-8-10-15(17)3/h8-10H,4-7,11-13H2,1-3H3. The number of hydrogen-bond acceptors (Lipinski definition) is 4. The lowest BCUT2D eigenvalue weighted by atomic mass is 9.80. The van der Waals surface area contributed by atoms with Crippen molar-refractivity contribution in [1.82, 2.24) is 0 Å². The first-order valence-corrected chi connectivity index (χ1v) is 8.53. The van der Waals surface area contributed by atoms with Crippen LogP contribution in [0.15, 0.2) is 30.4 Å². The molecular weight excluding hydrogens is 304 g/mol. The van der Waals surface area contributed by atoms with Gasteiger partial charge in [0.05, 0.1) is 13.0 Å². The van der Waals surface area contributed by atoms with Crippen LogP contribution in [0.1, 0.15) is 49.3 Å². The Morgan fingerprint density at radius 1 is 1.21 bits per heavy atom. The van der Waals surface area contributed by atoms with Crippen molar-refractivity contribution in [3.05, 3.63) is 47.0 Å². The van der Waals surface area contributed by atoms with Gasteiger partial charge >= 0.3 is 11.9 Å². The number of hydrogen-bond donors (Lipinski definition) is 0. The van der Waals surface area contributed by atoms with Gasteiger partial charge in [-0.1, -0.05) is 24.8 Å². The molecule has 1 aliphatic rings. The Bertz CT molecular complexity index is 627. The Balaban J connectivity index is 2.22. The van der Waals surface area contributed by atoms with Gasteiger partial charge in [-0.3, -0.25) is 4.79 Å². The molecule has 24 heavy (non-hydrogen) atoms. The van der Waals surface area contributed by atoms with Crippen LogP contribution in [-0.2, 0) is 25.5 Å². The summed E-state index contributed by atoms with van der Waals surface area (Å²) in [4.78, 5) is 25.1. The van der Waals surface area contributed by atoms with E-state index >= 15 is 0 Å². The molecule has 1 aromatic rings. The van der Waals surface area contributed by atoms with Crippen molar-refractivity contribution in [3.8, 4) is 0 Å². The van der Waals surface area contributed by atoms with E-state index in [1.165, 1.54) is 0 Å². The van der Waals surface area contributed by atoms with E-state index < -0.39 is 17.5 Å². The van der Waals surface area contributed by atoms with Crippen LogP contribution >= 0.6 is 0 Å². The van der Waals surface area contributed by atoms with Gasteiger partial charge in [0.1, 0.15) is 0 Å². The van der Waals surface area contributed by atoms with Gasteiger partial charge < -0.3 is 9.47 Å². The molecule has 1 aliphatic carbocycles. The second-order valence-corrected chi connectivity index (χ2v) is 6.38. The highest BCUT2D eigenvalue weighted by atomic mass is 16.6. The molecule has 0 aliphatic heterocycles. The quantitative estimate of drug-likeness (QED) is 0.608. The van der Waals surface area contributed by atoms with Crippen LogP contribution in [-0.4, -0.2) is 24.1 Å². The summed E-state index contributed by atoms with van der Waals surface area (Å²) in [6, 6.07) is 5.90.